The Labute approximate surface area is 778 Å². The number of nitrogens with zero attached hydrogens (tertiary/aromatic N) is 26. The van der Waals surface area contributed by atoms with Crippen LogP contribution in [0.2, 0.25) is 0 Å². The minimum absolute atomic E-state index is 0.226. The molecule has 0 atom stereocenters. The first kappa shape index (κ1) is 97.1. The lowest BCUT2D eigenvalue weighted by Crippen LogP contribution is -2.13. The van der Waals surface area contributed by atoms with E-state index in [0.29, 0.717) is 146 Å². The molecule has 0 aliphatic heterocycles. The number of aromatic amines is 7. The molecule has 3 amide bonds. The number of pyridine rings is 1. The van der Waals surface area contributed by atoms with Gasteiger partial charge in [0.05, 0.1) is 107 Å². The number of carbonyl (C=O) groups excluding carboxylic acids is 3. The van der Waals surface area contributed by atoms with Crippen LogP contribution in [0.1, 0.15) is 109 Å². The van der Waals surface area contributed by atoms with Crippen LogP contribution < -0.4 is 39.6 Å². The minimum atomic E-state index is -0.385. The molecule has 17 aromatic rings. The summed E-state index contributed by atoms with van der Waals surface area (Å²) in [5, 5.41) is 140. The number of nitrogens with one attached hydrogen (secondary N) is 10. The molecule has 0 spiro atoms. The number of benzene rings is 9. The highest BCUT2D eigenvalue weighted by molar-refractivity contribution is 9.10. The third-order valence-electron chi connectivity index (χ3n) is 17.7. The van der Waals surface area contributed by atoms with Gasteiger partial charge in [0.1, 0.15) is 23.3 Å². The number of aromatic nitrogens is 29. The molecule has 10 N–H and O–H groups in total. The Hall–Kier alpha value is -18.5. The molecule has 0 fully saturated rings. The van der Waals surface area contributed by atoms with Crippen LogP contribution in [0, 0.1) is 69.0 Å². The fraction of sp³-hybridized carbons (Fsp3) is 0.189. The number of methoxy groups -OCH3 is 1. The molecule has 0 saturated heterocycles. The molecule has 0 unspecified atom stereocenters. The second-order valence-corrected chi connectivity index (χ2v) is 30.6. The zero-order chi connectivity index (χ0) is 95.6. The smallest absolute Gasteiger partial charge is 0.257 e. The van der Waals surface area contributed by atoms with E-state index in [2.05, 4.69) is 243 Å². The highest BCUT2D eigenvalue weighted by atomic mass is 79.9. The van der Waals surface area contributed by atoms with Crippen LogP contribution in [-0.4, -0.2) is 201 Å². The lowest BCUT2D eigenvalue weighted by atomic mass is 10.0. The van der Waals surface area contributed by atoms with Crippen molar-refractivity contribution >= 4 is 50.7 Å². The first-order chi connectivity index (χ1) is 65.6. The number of amides is 3. The summed E-state index contributed by atoms with van der Waals surface area (Å²) >= 11 is 3.47. The van der Waals surface area contributed by atoms with E-state index < -0.39 is 0 Å². The number of rotatable bonds is 26. The highest BCUT2D eigenvalue weighted by Crippen LogP contribution is 2.34. The molecule has 45 heteroatoms. The van der Waals surface area contributed by atoms with E-state index in [4.69, 9.17) is 28.9 Å². The van der Waals surface area contributed by atoms with Crippen molar-refractivity contribution in [1.29, 1.82) is 21.0 Å². The number of tetrazole rings is 7. The Morgan fingerprint density at radius 1 is 0.326 bits per heavy atom. The van der Waals surface area contributed by atoms with Crippen LogP contribution in [0.25, 0.3) is 79.7 Å². The van der Waals surface area contributed by atoms with Crippen LogP contribution in [-0.2, 0) is 0 Å². The second kappa shape index (κ2) is 50.3. The van der Waals surface area contributed by atoms with Gasteiger partial charge < -0.3 is 39.6 Å². The van der Waals surface area contributed by atoms with Crippen LogP contribution >= 0.6 is 15.9 Å². The number of anilines is 3. The number of hydrogen-bond acceptors (Lipinski definition) is 34. The minimum Gasteiger partial charge on any atom is -0.493 e. The van der Waals surface area contributed by atoms with Gasteiger partial charge in [0.25, 0.3) is 17.7 Å². The Morgan fingerprint density at radius 3 is 0.956 bits per heavy atom. The first-order valence-corrected chi connectivity index (χ1v) is 41.8. The summed E-state index contributed by atoms with van der Waals surface area (Å²) < 4.78 is 28.7. The van der Waals surface area contributed by atoms with E-state index in [1.165, 1.54) is 6.20 Å². The summed E-state index contributed by atoms with van der Waals surface area (Å²) in [6.45, 7) is 19.4. The van der Waals surface area contributed by atoms with Gasteiger partial charge in [0, 0.05) is 56.5 Å². The Morgan fingerprint density at radius 2 is 0.622 bits per heavy atom. The first-order valence-electron chi connectivity index (χ1n) is 41.0. The molecule has 44 nitrogen and oxygen atoms in total. The number of para-hydroxylation sites is 2. The monoisotopic (exact) mass is 1880 g/mol. The van der Waals surface area contributed by atoms with Crippen molar-refractivity contribution in [3.8, 4) is 133 Å². The van der Waals surface area contributed by atoms with E-state index >= 15 is 0 Å². The van der Waals surface area contributed by atoms with Crippen molar-refractivity contribution in [2.75, 3.05) is 49.5 Å². The molecule has 0 aliphatic carbocycles. The van der Waals surface area contributed by atoms with E-state index in [1.54, 1.807) is 123 Å². The molecule has 0 aliphatic rings. The van der Waals surface area contributed by atoms with Crippen LogP contribution in [0.3, 0.4) is 0 Å². The number of hydrogen-bond donors (Lipinski definition) is 10. The summed E-state index contributed by atoms with van der Waals surface area (Å²) in [6, 6.07) is 68.2. The summed E-state index contributed by atoms with van der Waals surface area (Å²) in [7, 11) is 1.61. The standard InChI is InChI=1S/2C15H10N6O.C14H9N7O.C12H13N5O.C12H16N4O2.C11H13BrN4O.C11H14N4O/c2*16-9-11-8-10(14-18-20-21-19-14)6-7-13(11)15(22)17-12-4-2-1-3-5-12;15-7-10-6-9(13-18-20-21-19-13)3-4-12(10)14(22)17-11-2-1-5-16-8-11;1-8(2)7-18-11-4-3-9(5-10(11)6-13)12-14-16-17-15-12;1-8(2)7-18-10-5-4-9(6-11(10)17-3)12-13-15-16-14-12;1-7(2)6-17-10-4-3-8(5-9(10)12)11-13-15-16-14-11;1-8(2)7-16-10-5-3-9(4-6-10)11-12-14-15-13-11/h2*1-8H,(H,17,22)(H,18,19,20,21);1-6,8H,(H,17,22)(H,18,19,20,21);3-5,8H,7H2,1-2H3,(H,14,15,16,17);4-6,8H,7H2,1-3H3,(H,13,14,15,16);3-5,7H,6H2,1-2H3,(H,13,14,15,16);3-6,8H,7H2,1-2H3,(H,12,13,14,15). The summed E-state index contributed by atoms with van der Waals surface area (Å²) in [5.74, 6) is 7.72. The van der Waals surface area contributed by atoms with Gasteiger partial charge in [0.15, 0.2) is 11.5 Å². The third kappa shape index (κ3) is 29.5. The zero-order valence-electron chi connectivity index (χ0n) is 73.7. The number of halogens is 1. The topological polar surface area (TPSA) is 623 Å². The van der Waals surface area contributed by atoms with Gasteiger partial charge in [-0.1, -0.05) is 110 Å². The molecular weight excluding hydrogens is 1790 g/mol. The highest BCUT2D eigenvalue weighted by Gasteiger charge is 2.20. The quantitative estimate of drug-likeness (QED) is 0.0241. The van der Waals surface area contributed by atoms with Gasteiger partial charge in [-0.2, -0.15) is 57.5 Å². The second-order valence-electron chi connectivity index (χ2n) is 29.8. The molecule has 8 heterocycles. The molecule has 17 rings (SSSR count). The number of ether oxygens (including phenoxy) is 5. The van der Waals surface area contributed by atoms with E-state index in [0.717, 1.165) is 50.6 Å². The van der Waals surface area contributed by atoms with Gasteiger partial charge in [-0.3, -0.25) is 19.4 Å². The van der Waals surface area contributed by atoms with Crippen LogP contribution in [0.4, 0.5) is 17.1 Å². The molecule has 0 radical (unpaired) electrons. The van der Waals surface area contributed by atoms with Crippen LogP contribution in [0.5, 0.6) is 28.7 Å². The molecule has 0 bridgehead atoms. The van der Waals surface area contributed by atoms with Crippen molar-refractivity contribution in [2.24, 2.45) is 23.7 Å². The predicted molar refractivity (Wildman–Crippen MR) is 493 cm³/mol. The van der Waals surface area contributed by atoms with Gasteiger partial charge in [-0.15, -0.1) is 71.4 Å². The van der Waals surface area contributed by atoms with Gasteiger partial charge in [-0.25, -0.2) is 0 Å². The molecular formula is C90H85BrN36O8. The molecule has 0 saturated carbocycles. The largest absolute Gasteiger partial charge is 0.493 e. The summed E-state index contributed by atoms with van der Waals surface area (Å²) in [6.07, 6.45) is 3.13. The SMILES string of the molecule is CC(C)COc1ccc(-c2nn[nH]n2)cc1.CC(C)COc1ccc(-c2nn[nH]n2)cc1Br.CC(C)COc1ccc(-c2nn[nH]n2)cc1C#N.COc1cc(-c2nn[nH]n2)ccc1OCC(C)C.N#Cc1cc(-c2nn[nH]n2)ccc1C(=O)Nc1ccccc1.N#Cc1cc(-c2nn[nH]n2)ccc1C(=O)Nc1ccccc1.N#Cc1cc(-c2nn[nH]n2)ccc1C(=O)Nc1cccnc1. The molecule has 9 aromatic carbocycles. The number of carbonyl (C=O) groups is 3. The molecule has 8 aromatic heterocycles. The van der Waals surface area contributed by atoms with Gasteiger partial charge in [0.2, 0.25) is 40.8 Å². The van der Waals surface area contributed by atoms with Crippen LogP contribution in [0.15, 0.2) is 223 Å². The average molecular weight is 1880 g/mol. The molecule has 135 heavy (non-hydrogen) atoms. The Balaban J connectivity index is 0.000000152. The van der Waals surface area contributed by atoms with Crippen molar-refractivity contribution in [2.45, 2.75) is 55.4 Å². The zero-order valence-corrected chi connectivity index (χ0v) is 75.3. The van der Waals surface area contributed by atoms with Gasteiger partial charge >= 0.3 is 0 Å². The maximum atomic E-state index is 12.3. The fourth-order valence-electron chi connectivity index (χ4n) is 11.3. The third-order valence-corrected chi connectivity index (χ3v) is 18.3. The maximum Gasteiger partial charge on any atom is 0.257 e. The van der Waals surface area contributed by atoms with Gasteiger partial charge in [-0.05, 0) is 228 Å². The summed E-state index contributed by atoms with van der Waals surface area (Å²) in [5.41, 5.74) is 9.12. The lowest BCUT2D eigenvalue weighted by Gasteiger charge is -2.12. The normalized spacial score (nSPS) is 10.3. The lowest BCUT2D eigenvalue weighted by molar-refractivity contribution is 0.101. The van der Waals surface area contributed by atoms with E-state index in [1.807, 2.05) is 115 Å². The summed E-state index contributed by atoms with van der Waals surface area (Å²) in [4.78, 5) is 40.7. The van der Waals surface area contributed by atoms with Crippen molar-refractivity contribution in [3.63, 3.8) is 0 Å². The van der Waals surface area contributed by atoms with Crippen molar-refractivity contribution in [1.82, 2.24) is 149 Å². The number of H-pyrrole nitrogens is 7. The predicted octanol–water partition coefficient (Wildman–Crippen LogP) is 13.6. The van der Waals surface area contributed by atoms with Crippen molar-refractivity contribution in [3.05, 3.63) is 262 Å². The van der Waals surface area contributed by atoms with E-state index in [-0.39, 0.29) is 40.0 Å². The van der Waals surface area contributed by atoms with E-state index in [9.17, 15) is 30.2 Å². The maximum absolute atomic E-state index is 12.3. The van der Waals surface area contributed by atoms with Crippen molar-refractivity contribution < 1.29 is 38.1 Å². The average Bonchev–Trinajstić information content (AvgIpc) is 1.82. The number of nitriles is 4. The Bertz CT molecular complexity index is 6370. The fourth-order valence-corrected chi connectivity index (χ4v) is 11.8. The Kier molecular flexibility index (Phi) is 36.2. The molecule has 680 valence electrons.